The second-order valence-corrected chi connectivity index (χ2v) is 5.21. The SMILES string of the molecule is CCn1cc(CN(C)C(=O)Cn2nc(C)cc2N)c(C)n1. The molecule has 0 unspecified atom stereocenters. The summed E-state index contributed by atoms with van der Waals surface area (Å²) in [6, 6.07) is 1.75. The number of hydrogen-bond acceptors (Lipinski definition) is 4. The highest BCUT2D eigenvalue weighted by Gasteiger charge is 2.14. The molecule has 7 heteroatoms. The molecule has 7 nitrogen and oxygen atoms in total. The van der Waals surface area contributed by atoms with Gasteiger partial charge in [0.25, 0.3) is 0 Å². The fraction of sp³-hybridized carbons (Fsp3) is 0.500. The third kappa shape index (κ3) is 3.42. The minimum absolute atomic E-state index is 0.0338. The van der Waals surface area contributed by atoms with Crippen LogP contribution in [0.4, 0.5) is 5.82 Å². The quantitative estimate of drug-likeness (QED) is 0.889. The maximum Gasteiger partial charge on any atom is 0.244 e. The number of anilines is 1. The van der Waals surface area contributed by atoms with Gasteiger partial charge in [-0.05, 0) is 20.8 Å². The maximum atomic E-state index is 12.2. The summed E-state index contributed by atoms with van der Waals surface area (Å²) >= 11 is 0. The van der Waals surface area contributed by atoms with Gasteiger partial charge in [0.05, 0.1) is 11.4 Å². The third-order valence-corrected chi connectivity index (χ3v) is 3.42. The minimum atomic E-state index is -0.0338. The van der Waals surface area contributed by atoms with Crippen LogP contribution in [0.5, 0.6) is 0 Å². The summed E-state index contributed by atoms with van der Waals surface area (Å²) in [4.78, 5) is 13.9. The Hall–Kier alpha value is -2.31. The highest BCUT2D eigenvalue weighted by molar-refractivity contribution is 5.76. The fourth-order valence-corrected chi connectivity index (χ4v) is 2.16. The van der Waals surface area contributed by atoms with Gasteiger partial charge in [-0.1, -0.05) is 0 Å². The molecule has 0 fully saturated rings. The van der Waals surface area contributed by atoms with Gasteiger partial charge in [-0.3, -0.25) is 9.48 Å². The van der Waals surface area contributed by atoms with Crippen LogP contribution in [-0.2, 0) is 24.4 Å². The number of rotatable bonds is 5. The van der Waals surface area contributed by atoms with Crippen LogP contribution in [-0.4, -0.2) is 37.4 Å². The van der Waals surface area contributed by atoms with Crippen LogP contribution >= 0.6 is 0 Å². The van der Waals surface area contributed by atoms with Crippen molar-refractivity contribution >= 4 is 11.7 Å². The fourth-order valence-electron chi connectivity index (χ4n) is 2.16. The number of nitrogens with zero attached hydrogens (tertiary/aromatic N) is 5. The number of amides is 1. The van der Waals surface area contributed by atoms with E-state index in [0.717, 1.165) is 23.5 Å². The molecular weight excluding hydrogens is 268 g/mol. The smallest absolute Gasteiger partial charge is 0.244 e. The van der Waals surface area contributed by atoms with E-state index in [0.29, 0.717) is 12.4 Å². The summed E-state index contributed by atoms with van der Waals surface area (Å²) in [6.07, 6.45) is 1.98. The van der Waals surface area contributed by atoms with Crippen LogP contribution in [0.25, 0.3) is 0 Å². The van der Waals surface area contributed by atoms with Crippen molar-refractivity contribution in [1.29, 1.82) is 0 Å². The van der Waals surface area contributed by atoms with Gasteiger partial charge in [0, 0.05) is 38.0 Å². The van der Waals surface area contributed by atoms with Gasteiger partial charge < -0.3 is 10.6 Å². The Morgan fingerprint density at radius 1 is 1.38 bits per heavy atom. The molecule has 0 aliphatic carbocycles. The molecular formula is C14H22N6O. The summed E-state index contributed by atoms with van der Waals surface area (Å²) in [6.45, 7) is 7.34. The Morgan fingerprint density at radius 3 is 2.62 bits per heavy atom. The molecule has 0 bridgehead atoms. The molecule has 2 rings (SSSR count). The van der Waals surface area contributed by atoms with E-state index in [1.165, 1.54) is 4.68 Å². The molecule has 0 aliphatic rings. The Kier molecular flexibility index (Phi) is 4.30. The number of carbonyl (C=O) groups is 1. The Labute approximate surface area is 124 Å². The molecule has 2 N–H and O–H groups in total. The topological polar surface area (TPSA) is 82.0 Å². The molecule has 114 valence electrons. The monoisotopic (exact) mass is 290 g/mol. The maximum absolute atomic E-state index is 12.2. The van der Waals surface area contributed by atoms with Crippen molar-refractivity contribution in [1.82, 2.24) is 24.5 Å². The minimum Gasteiger partial charge on any atom is -0.384 e. The van der Waals surface area contributed by atoms with E-state index >= 15 is 0 Å². The van der Waals surface area contributed by atoms with Crippen molar-refractivity contribution in [2.24, 2.45) is 0 Å². The molecule has 1 amide bonds. The number of nitrogens with two attached hydrogens (primary N) is 1. The summed E-state index contributed by atoms with van der Waals surface area (Å²) in [5.41, 5.74) is 8.62. The molecule has 21 heavy (non-hydrogen) atoms. The van der Waals surface area contributed by atoms with Crippen LogP contribution in [0.3, 0.4) is 0 Å². The second kappa shape index (κ2) is 5.99. The molecule has 0 radical (unpaired) electrons. The first kappa shape index (κ1) is 15.1. The molecule has 2 aromatic heterocycles. The van der Waals surface area contributed by atoms with E-state index in [1.54, 1.807) is 18.0 Å². The van der Waals surface area contributed by atoms with Crippen molar-refractivity contribution in [3.63, 3.8) is 0 Å². The summed E-state index contributed by atoms with van der Waals surface area (Å²) in [7, 11) is 1.78. The van der Waals surface area contributed by atoms with Crippen molar-refractivity contribution < 1.29 is 4.79 Å². The molecule has 0 aromatic carbocycles. The summed E-state index contributed by atoms with van der Waals surface area (Å²) < 4.78 is 3.40. The van der Waals surface area contributed by atoms with Crippen molar-refractivity contribution in [3.8, 4) is 0 Å². The normalized spacial score (nSPS) is 10.9. The second-order valence-electron chi connectivity index (χ2n) is 5.21. The highest BCUT2D eigenvalue weighted by atomic mass is 16.2. The predicted molar refractivity (Wildman–Crippen MR) is 80.5 cm³/mol. The van der Waals surface area contributed by atoms with Gasteiger partial charge in [0.2, 0.25) is 5.91 Å². The van der Waals surface area contributed by atoms with E-state index in [-0.39, 0.29) is 12.5 Å². The van der Waals surface area contributed by atoms with Crippen LogP contribution < -0.4 is 5.73 Å². The molecule has 2 heterocycles. The average Bonchev–Trinajstić information content (AvgIpc) is 2.92. The zero-order chi connectivity index (χ0) is 15.6. The number of likely N-dealkylation sites (N-methyl/N-ethyl adjacent to an activating group) is 1. The lowest BCUT2D eigenvalue weighted by atomic mass is 10.2. The Morgan fingerprint density at radius 2 is 2.10 bits per heavy atom. The molecule has 2 aromatic rings. The first-order valence-corrected chi connectivity index (χ1v) is 6.97. The number of aromatic nitrogens is 4. The average molecular weight is 290 g/mol. The third-order valence-electron chi connectivity index (χ3n) is 3.42. The number of carbonyl (C=O) groups excluding carboxylic acids is 1. The van der Waals surface area contributed by atoms with Crippen molar-refractivity contribution in [3.05, 3.63) is 29.2 Å². The van der Waals surface area contributed by atoms with E-state index in [2.05, 4.69) is 10.2 Å². The summed E-state index contributed by atoms with van der Waals surface area (Å²) in [5.74, 6) is 0.470. The van der Waals surface area contributed by atoms with E-state index < -0.39 is 0 Å². The Bertz CT molecular complexity index is 642. The van der Waals surface area contributed by atoms with E-state index in [9.17, 15) is 4.79 Å². The van der Waals surface area contributed by atoms with Gasteiger partial charge in [0.15, 0.2) is 0 Å². The molecule has 0 aliphatic heterocycles. The predicted octanol–water partition coefficient (Wildman–Crippen LogP) is 0.957. The Balaban J connectivity index is 2.02. The largest absolute Gasteiger partial charge is 0.384 e. The van der Waals surface area contributed by atoms with E-state index in [4.69, 9.17) is 5.73 Å². The first-order chi connectivity index (χ1) is 9.90. The number of nitrogen functional groups attached to an aromatic ring is 1. The zero-order valence-corrected chi connectivity index (χ0v) is 13.0. The number of hydrogen-bond donors (Lipinski definition) is 1. The lowest BCUT2D eigenvalue weighted by Gasteiger charge is -2.17. The van der Waals surface area contributed by atoms with Gasteiger partial charge in [-0.2, -0.15) is 10.2 Å². The van der Waals surface area contributed by atoms with Crippen LogP contribution in [0.15, 0.2) is 12.3 Å². The van der Waals surface area contributed by atoms with Crippen LogP contribution in [0.1, 0.15) is 23.9 Å². The van der Waals surface area contributed by atoms with Crippen LogP contribution in [0, 0.1) is 13.8 Å². The van der Waals surface area contributed by atoms with Gasteiger partial charge in [-0.25, -0.2) is 4.68 Å². The molecule has 0 spiro atoms. The first-order valence-electron chi connectivity index (χ1n) is 6.97. The standard InChI is InChI=1S/C14H22N6O/c1-5-19-8-12(11(3)17-19)7-18(4)14(21)9-20-13(15)6-10(2)16-20/h6,8H,5,7,9,15H2,1-4H3. The van der Waals surface area contributed by atoms with Gasteiger partial charge in [0.1, 0.15) is 12.4 Å². The van der Waals surface area contributed by atoms with E-state index in [1.807, 2.05) is 31.6 Å². The van der Waals surface area contributed by atoms with Crippen LogP contribution in [0.2, 0.25) is 0 Å². The molecule has 0 atom stereocenters. The lowest BCUT2D eigenvalue weighted by molar-refractivity contribution is -0.131. The molecule has 0 saturated carbocycles. The van der Waals surface area contributed by atoms with Crippen molar-refractivity contribution in [2.45, 2.75) is 40.4 Å². The highest BCUT2D eigenvalue weighted by Crippen LogP contribution is 2.10. The van der Waals surface area contributed by atoms with Gasteiger partial charge in [-0.15, -0.1) is 0 Å². The molecule has 0 saturated heterocycles. The lowest BCUT2D eigenvalue weighted by Crippen LogP contribution is -2.30. The zero-order valence-electron chi connectivity index (χ0n) is 13.0. The van der Waals surface area contributed by atoms with Gasteiger partial charge >= 0.3 is 0 Å². The number of aryl methyl sites for hydroxylation is 3. The summed E-state index contributed by atoms with van der Waals surface area (Å²) in [5, 5.41) is 8.59. The van der Waals surface area contributed by atoms with Crippen molar-refractivity contribution in [2.75, 3.05) is 12.8 Å².